The van der Waals surface area contributed by atoms with Gasteiger partial charge in [0, 0.05) is 16.9 Å². The summed E-state index contributed by atoms with van der Waals surface area (Å²) in [6.45, 7) is 0. The molecular weight excluding hydrogens is 227 g/mol. The van der Waals surface area contributed by atoms with E-state index in [-0.39, 0.29) is 0 Å². The van der Waals surface area contributed by atoms with E-state index in [1.54, 1.807) is 12.3 Å². The molecule has 0 unspecified atom stereocenters. The van der Waals surface area contributed by atoms with Crippen molar-refractivity contribution in [1.82, 2.24) is 9.97 Å². The molecule has 2 heterocycles. The molecule has 11 heavy (non-hydrogen) atoms. The summed E-state index contributed by atoms with van der Waals surface area (Å²) in [5.74, 6) is 0. The molecule has 2 aromatic rings. The molecule has 1 N–H and O–H groups in total. The zero-order chi connectivity index (χ0) is 7.84. The van der Waals surface area contributed by atoms with Gasteiger partial charge in [0.05, 0.1) is 10.4 Å². The van der Waals surface area contributed by atoms with E-state index in [1.165, 1.54) is 0 Å². The third-order valence-corrected chi connectivity index (χ3v) is 2.41. The van der Waals surface area contributed by atoms with Gasteiger partial charge >= 0.3 is 0 Å². The van der Waals surface area contributed by atoms with Crippen molar-refractivity contribution in [3.63, 3.8) is 0 Å². The molecule has 56 valence electrons. The quantitative estimate of drug-likeness (QED) is 0.742. The molecule has 0 fully saturated rings. The van der Waals surface area contributed by atoms with Gasteiger partial charge in [-0.25, -0.2) is 4.98 Å². The van der Waals surface area contributed by atoms with Crippen molar-refractivity contribution in [2.24, 2.45) is 0 Å². The first kappa shape index (κ1) is 7.13. The topological polar surface area (TPSA) is 28.7 Å². The van der Waals surface area contributed by atoms with Gasteiger partial charge < -0.3 is 4.98 Å². The van der Waals surface area contributed by atoms with Gasteiger partial charge in [-0.1, -0.05) is 11.6 Å². The van der Waals surface area contributed by atoms with Crippen LogP contribution >= 0.6 is 27.5 Å². The molecule has 0 bridgehead atoms. The molecule has 0 radical (unpaired) electrons. The molecule has 0 saturated carbocycles. The fourth-order valence-corrected chi connectivity index (χ4v) is 1.86. The van der Waals surface area contributed by atoms with Crippen molar-refractivity contribution in [2.75, 3.05) is 0 Å². The Bertz CT molecular complexity index is 396. The van der Waals surface area contributed by atoms with Crippen molar-refractivity contribution in [3.05, 3.63) is 28.0 Å². The van der Waals surface area contributed by atoms with Crippen LogP contribution in [0.15, 0.2) is 22.9 Å². The van der Waals surface area contributed by atoms with Crippen molar-refractivity contribution >= 4 is 38.6 Å². The lowest BCUT2D eigenvalue weighted by atomic mass is 10.3. The third kappa shape index (κ3) is 1.04. The second-order valence-corrected chi connectivity index (χ2v) is 3.41. The van der Waals surface area contributed by atoms with Crippen LogP contribution in [0.1, 0.15) is 0 Å². The van der Waals surface area contributed by atoms with Crippen LogP contribution in [0.25, 0.3) is 11.0 Å². The minimum Gasteiger partial charge on any atom is -0.345 e. The van der Waals surface area contributed by atoms with Crippen LogP contribution in [-0.4, -0.2) is 9.97 Å². The number of hydrogen-bond donors (Lipinski definition) is 1. The molecule has 0 aliphatic carbocycles. The number of rotatable bonds is 0. The Labute approximate surface area is 76.7 Å². The summed E-state index contributed by atoms with van der Waals surface area (Å²) in [6.07, 6.45) is 3.50. The summed E-state index contributed by atoms with van der Waals surface area (Å²) in [6, 6.07) is 1.77. The van der Waals surface area contributed by atoms with Crippen molar-refractivity contribution < 1.29 is 0 Å². The van der Waals surface area contributed by atoms with E-state index in [4.69, 9.17) is 11.6 Å². The first-order valence-electron chi connectivity index (χ1n) is 3.06. The van der Waals surface area contributed by atoms with Crippen LogP contribution in [0.4, 0.5) is 0 Å². The Morgan fingerprint density at radius 3 is 3.09 bits per heavy atom. The maximum Gasteiger partial charge on any atom is 0.139 e. The summed E-state index contributed by atoms with van der Waals surface area (Å²) in [5.41, 5.74) is 0.810. The SMILES string of the molecule is Clc1ccnc2[nH]cc(Br)c12. The average molecular weight is 231 g/mol. The van der Waals surface area contributed by atoms with E-state index in [0.717, 1.165) is 15.5 Å². The van der Waals surface area contributed by atoms with Crippen molar-refractivity contribution in [1.29, 1.82) is 0 Å². The Kier molecular flexibility index (Phi) is 1.62. The van der Waals surface area contributed by atoms with Crippen molar-refractivity contribution in [2.45, 2.75) is 0 Å². The van der Waals surface area contributed by atoms with Gasteiger partial charge in [-0.2, -0.15) is 0 Å². The number of H-pyrrole nitrogens is 1. The number of pyridine rings is 1. The van der Waals surface area contributed by atoms with Crippen LogP contribution in [0, 0.1) is 0 Å². The van der Waals surface area contributed by atoms with Crippen LogP contribution < -0.4 is 0 Å². The van der Waals surface area contributed by atoms with Crippen molar-refractivity contribution in [3.8, 4) is 0 Å². The number of nitrogens with zero attached hydrogens (tertiary/aromatic N) is 1. The average Bonchev–Trinajstić information content (AvgIpc) is 2.34. The Hall–Kier alpha value is -0.540. The van der Waals surface area contributed by atoms with Crippen LogP contribution in [0.2, 0.25) is 5.02 Å². The molecular formula is C7H4BrClN2. The smallest absolute Gasteiger partial charge is 0.139 e. The zero-order valence-electron chi connectivity index (χ0n) is 5.44. The molecule has 0 spiro atoms. The first-order valence-corrected chi connectivity index (χ1v) is 4.23. The van der Waals surface area contributed by atoms with Gasteiger partial charge in [0.25, 0.3) is 0 Å². The molecule has 0 aliphatic heterocycles. The number of halogens is 2. The monoisotopic (exact) mass is 230 g/mol. The molecule has 4 heteroatoms. The normalized spacial score (nSPS) is 10.7. The summed E-state index contributed by atoms with van der Waals surface area (Å²) in [5, 5.41) is 1.65. The first-order chi connectivity index (χ1) is 5.29. The second-order valence-electron chi connectivity index (χ2n) is 2.15. The summed E-state index contributed by atoms with van der Waals surface area (Å²) in [7, 11) is 0. The lowest BCUT2D eigenvalue weighted by Gasteiger charge is -1.91. The maximum absolute atomic E-state index is 5.91. The van der Waals surface area contributed by atoms with Crippen LogP contribution in [-0.2, 0) is 0 Å². The molecule has 0 aliphatic rings. The minimum atomic E-state index is 0.711. The molecule has 2 rings (SSSR count). The molecule has 2 aromatic heterocycles. The molecule has 0 aromatic carbocycles. The molecule has 0 atom stereocenters. The van der Waals surface area contributed by atoms with Gasteiger partial charge in [-0.3, -0.25) is 0 Å². The molecule has 0 saturated heterocycles. The maximum atomic E-state index is 5.91. The van der Waals surface area contributed by atoms with Crippen LogP contribution in [0.3, 0.4) is 0 Å². The number of aromatic amines is 1. The Morgan fingerprint density at radius 2 is 2.36 bits per heavy atom. The second kappa shape index (κ2) is 2.50. The number of aromatic nitrogens is 2. The van der Waals surface area contributed by atoms with E-state index < -0.39 is 0 Å². The lowest BCUT2D eigenvalue weighted by molar-refractivity contribution is 1.32. The third-order valence-electron chi connectivity index (χ3n) is 1.47. The highest BCUT2D eigenvalue weighted by Gasteiger charge is 2.04. The van der Waals surface area contributed by atoms with E-state index >= 15 is 0 Å². The summed E-state index contributed by atoms with van der Waals surface area (Å²) in [4.78, 5) is 7.08. The highest BCUT2D eigenvalue weighted by atomic mass is 79.9. The lowest BCUT2D eigenvalue weighted by Crippen LogP contribution is -1.74. The fraction of sp³-hybridized carbons (Fsp3) is 0. The van der Waals surface area contributed by atoms with Crippen LogP contribution in [0.5, 0.6) is 0 Å². The Balaban J connectivity index is 2.96. The molecule has 0 amide bonds. The highest BCUT2D eigenvalue weighted by molar-refractivity contribution is 9.10. The van der Waals surface area contributed by atoms with E-state index in [0.29, 0.717) is 5.02 Å². The number of hydrogen-bond acceptors (Lipinski definition) is 1. The largest absolute Gasteiger partial charge is 0.345 e. The molecule has 2 nitrogen and oxygen atoms in total. The number of fused-ring (bicyclic) bond motifs is 1. The Morgan fingerprint density at radius 1 is 1.55 bits per heavy atom. The zero-order valence-corrected chi connectivity index (χ0v) is 7.78. The predicted octanol–water partition coefficient (Wildman–Crippen LogP) is 2.98. The van der Waals surface area contributed by atoms with E-state index in [2.05, 4.69) is 25.9 Å². The fourth-order valence-electron chi connectivity index (χ4n) is 0.979. The van der Waals surface area contributed by atoms with Gasteiger partial charge in [-0.05, 0) is 22.0 Å². The van der Waals surface area contributed by atoms with E-state index in [1.807, 2.05) is 6.20 Å². The van der Waals surface area contributed by atoms with Gasteiger partial charge in [0.2, 0.25) is 0 Å². The minimum absolute atomic E-state index is 0.711. The van der Waals surface area contributed by atoms with Gasteiger partial charge in [0.15, 0.2) is 0 Å². The summed E-state index contributed by atoms with van der Waals surface area (Å²) >= 11 is 9.28. The van der Waals surface area contributed by atoms with Gasteiger partial charge in [-0.15, -0.1) is 0 Å². The standard InChI is InChI=1S/C7H4BrClN2/c8-4-3-11-7-6(4)5(9)1-2-10-7/h1-3H,(H,10,11). The predicted molar refractivity (Wildman–Crippen MR) is 48.8 cm³/mol. The highest BCUT2D eigenvalue weighted by Crippen LogP contribution is 2.28. The number of nitrogens with one attached hydrogen (secondary N) is 1. The summed E-state index contributed by atoms with van der Waals surface area (Å²) < 4.78 is 0.950. The van der Waals surface area contributed by atoms with E-state index in [9.17, 15) is 0 Å². The van der Waals surface area contributed by atoms with Gasteiger partial charge in [0.1, 0.15) is 5.65 Å².